The minimum absolute atomic E-state index is 0.568. The molecule has 0 saturated carbocycles. The van der Waals surface area contributed by atoms with Crippen LogP contribution in [0.1, 0.15) is 30.7 Å². The number of hydrogen-bond donors (Lipinski definition) is 1. The topological polar surface area (TPSA) is 72.3 Å². The first-order chi connectivity index (χ1) is 10.7. The molecule has 1 aliphatic heterocycles. The molecule has 6 nitrogen and oxygen atoms in total. The fourth-order valence-corrected chi connectivity index (χ4v) is 2.67. The molecule has 0 radical (unpaired) electrons. The number of pyridine rings is 1. The lowest BCUT2D eigenvalue weighted by molar-refractivity contribution is 0.338. The lowest BCUT2D eigenvalue weighted by Gasteiger charge is -2.27. The number of piperidine rings is 1. The summed E-state index contributed by atoms with van der Waals surface area (Å²) in [6.45, 7) is 4.57. The molecular formula is C16H22N6. The van der Waals surface area contributed by atoms with Crippen molar-refractivity contribution in [3.63, 3.8) is 0 Å². The smallest absolute Gasteiger partial charge is 0.191 e. The molecule has 0 atom stereocenters. The predicted octanol–water partition coefficient (Wildman–Crippen LogP) is 1.88. The average molecular weight is 298 g/mol. The van der Waals surface area contributed by atoms with E-state index in [1.807, 2.05) is 36.0 Å². The lowest BCUT2D eigenvalue weighted by Crippen LogP contribution is -2.40. The molecule has 0 spiro atoms. The van der Waals surface area contributed by atoms with Gasteiger partial charge in [-0.05, 0) is 37.8 Å². The highest BCUT2D eigenvalue weighted by molar-refractivity contribution is 5.78. The van der Waals surface area contributed by atoms with Crippen molar-refractivity contribution in [3.8, 4) is 5.82 Å². The molecule has 0 unspecified atom stereocenters. The van der Waals surface area contributed by atoms with Crippen molar-refractivity contribution in [3.05, 3.63) is 42.1 Å². The van der Waals surface area contributed by atoms with Gasteiger partial charge in [-0.15, -0.1) is 0 Å². The van der Waals surface area contributed by atoms with Gasteiger partial charge in [0.1, 0.15) is 11.6 Å². The van der Waals surface area contributed by atoms with Crippen molar-refractivity contribution in [2.45, 2.75) is 32.7 Å². The van der Waals surface area contributed by atoms with E-state index >= 15 is 0 Å². The largest absolute Gasteiger partial charge is 0.370 e. The maximum atomic E-state index is 6.07. The summed E-state index contributed by atoms with van der Waals surface area (Å²) < 4.78 is 1.95. The highest BCUT2D eigenvalue weighted by Gasteiger charge is 2.11. The van der Waals surface area contributed by atoms with Crippen molar-refractivity contribution in [1.29, 1.82) is 0 Å². The van der Waals surface area contributed by atoms with Crippen molar-refractivity contribution in [2.24, 2.45) is 10.7 Å². The van der Waals surface area contributed by atoms with Crippen molar-refractivity contribution in [2.75, 3.05) is 13.1 Å². The first-order valence-electron chi connectivity index (χ1n) is 7.74. The summed E-state index contributed by atoms with van der Waals surface area (Å²) in [5, 5.41) is 0. The Kier molecular flexibility index (Phi) is 4.37. The maximum Gasteiger partial charge on any atom is 0.191 e. The third kappa shape index (κ3) is 3.27. The molecular weight excluding hydrogens is 276 g/mol. The van der Waals surface area contributed by atoms with Crippen LogP contribution in [0.3, 0.4) is 0 Å². The molecule has 0 amide bonds. The first kappa shape index (κ1) is 14.6. The second kappa shape index (κ2) is 6.60. The van der Waals surface area contributed by atoms with Crippen molar-refractivity contribution < 1.29 is 0 Å². The van der Waals surface area contributed by atoms with Crippen LogP contribution in [0.5, 0.6) is 0 Å². The molecule has 1 aliphatic rings. The van der Waals surface area contributed by atoms with E-state index in [4.69, 9.17) is 5.73 Å². The second-order valence-electron chi connectivity index (χ2n) is 5.59. The molecule has 0 aliphatic carbocycles. The average Bonchev–Trinajstić information content (AvgIpc) is 3.00. The number of likely N-dealkylation sites (tertiary alicyclic amines) is 1. The molecule has 2 aromatic rings. The fourth-order valence-electron chi connectivity index (χ4n) is 2.67. The number of nitrogens with two attached hydrogens (primary N) is 1. The molecule has 116 valence electrons. The normalized spacial score (nSPS) is 16.0. The molecule has 0 aromatic carbocycles. The van der Waals surface area contributed by atoms with Crippen LogP contribution in [0.2, 0.25) is 0 Å². The van der Waals surface area contributed by atoms with Crippen LogP contribution in [0.15, 0.2) is 35.7 Å². The third-order valence-corrected chi connectivity index (χ3v) is 3.99. The molecule has 22 heavy (non-hydrogen) atoms. The maximum absolute atomic E-state index is 6.07. The van der Waals surface area contributed by atoms with Crippen LogP contribution in [-0.2, 0) is 6.54 Å². The van der Waals surface area contributed by atoms with Gasteiger partial charge in [0, 0.05) is 31.7 Å². The molecule has 6 heteroatoms. The van der Waals surface area contributed by atoms with E-state index in [1.54, 1.807) is 6.20 Å². The molecule has 2 aromatic heterocycles. The summed E-state index contributed by atoms with van der Waals surface area (Å²) in [6.07, 6.45) is 9.23. The minimum Gasteiger partial charge on any atom is -0.370 e. The standard InChI is InChI=1S/C16H22N6/c1-13-18-7-10-22(13)15-6-5-14(11-19-15)12-20-16(17)21-8-3-2-4-9-21/h5-7,10-11H,2-4,8-9,12H2,1H3,(H2,17,20). The van der Waals surface area contributed by atoms with E-state index in [-0.39, 0.29) is 0 Å². The molecule has 3 heterocycles. The Balaban J connectivity index is 1.65. The summed E-state index contributed by atoms with van der Waals surface area (Å²) in [5.41, 5.74) is 7.12. The van der Waals surface area contributed by atoms with Gasteiger partial charge in [-0.3, -0.25) is 4.57 Å². The van der Waals surface area contributed by atoms with E-state index in [0.29, 0.717) is 12.5 Å². The Morgan fingerprint density at radius 1 is 1.23 bits per heavy atom. The Bertz CT molecular complexity index is 637. The third-order valence-electron chi connectivity index (χ3n) is 3.99. The van der Waals surface area contributed by atoms with Gasteiger partial charge in [-0.1, -0.05) is 6.07 Å². The van der Waals surface area contributed by atoms with E-state index < -0.39 is 0 Å². The zero-order valence-electron chi connectivity index (χ0n) is 12.9. The zero-order chi connectivity index (χ0) is 15.4. The van der Waals surface area contributed by atoms with Crippen LogP contribution in [0.25, 0.3) is 5.82 Å². The van der Waals surface area contributed by atoms with Gasteiger partial charge in [-0.2, -0.15) is 0 Å². The van der Waals surface area contributed by atoms with Crippen molar-refractivity contribution in [1.82, 2.24) is 19.4 Å². The molecule has 1 fully saturated rings. The summed E-state index contributed by atoms with van der Waals surface area (Å²) in [7, 11) is 0. The van der Waals surface area contributed by atoms with Gasteiger partial charge in [0.05, 0.1) is 6.54 Å². The highest BCUT2D eigenvalue weighted by Crippen LogP contribution is 2.10. The molecule has 2 N–H and O–H groups in total. The number of nitrogens with zero attached hydrogens (tertiary/aromatic N) is 5. The van der Waals surface area contributed by atoms with Gasteiger partial charge in [-0.25, -0.2) is 15.0 Å². The lowest BCUT2D eigenvalue weighted by atomic mass is 10.1. The zero-order valence-corrected chi connectivity index (χ0v) is 12.9. The Hall–Kier alpha value is -2.37. The van der Waals surface area contributed by atoms with Crippen molar-refractivity contribution >= 4 is 5.96 Å². The van der Waals surface area contributed by atoms with Crippen LogP contribution < -0.4 is 5.73 Å². The Labute approximate surface area is 130 Å². The molecule has 0 bridgehead atoms. The van der Waals surface area contributed by atoms with Gasteiger partial charge >= 0.3 is 0 Å². The molecule has 3 rings (SSSR count). The number of aryl methyl sites for hydroxylation is 1. The number of aliphatic imine (C=N–C) groups is 1. The Morgan fingerprint density at radius 2 is 2.05 bits per heavy atom. The van der Waals surface area contributed by atoms with Crippen LogP contribution in [-0.4, -0.2) is 38.5 Å². The minimum atomic E-state index is 0.568. The van der Waals surface area contributed by atoms with Crippen LogP contribution >= 0.6 is 0 Å². The quantitative estimate of drug-likeness (QED) is 0.693. The highest BCUT2D eigenvalue weighted by atomic mass is 15.2. The first-order valence-corrected chi connectivity index (χ1v) is 7.74. The summed E-state index contributed by atoms with van der Waals surface area (Å²) >= 11 is 0. The van der Waals surface area contributed by atoms with E-state index in [2.05, 4.69) is 19.9 Å². The van der Waals surface area contributed by atoms with Gasteiger partial charge in [0.15, 0.2) is 5.96 Å². The number of rotatable bonds is 3. The number of hydrogen-bond acceptors (Lipinski definition) is 3. The summed E-state index contributed by atoms with van der Waals surface area (Å²) in [6, 6.07) is 4.02. The second-order valence-corrected chi connectivity index (χ2v) is 5.59. The fraction of sp³-hybridized carbons (Fsp3) is 0.438. The Morgan fingerprint density at radius 3 is 2.68 bits per heavy atom. The van der Waals surface area contributed by atoms with Crippen LogP contribution in [0, 0.1) is 6.92 Å². The predicted molar refractivity (Wildman–Crippen MR) is 86.8 cm³/mol. The SMILES string of the molecule is Cc1nccn1-c1ccc(CN=C(N)N2CCCCC2)cn1. The molecule has 1 saturated heterocycles. The summed E-state index contributed by atoms with van der Waals surface area (Å²) in [5.74, 6) is 2.44. The monoisotopic (exact) mass is 298 g/mol. The summed E-state index contributed by atoms with van der Waals surface area (Å²) in [4.78, 5) is 15.3. The van der Waals surface area contributed by atoms with Crippen LogP contribution in [0.4, 0.5) is 0 Å². The van der Waals surface area contributed by atoms with Gasteiger partial charge < -0.3 is 10.6 Å². The van der Waals surface area contributed by atoms with Gasteiger partial charge in [0.25, 0.3) is 0 Å². The number of guanidine groups is 1. The van der Waals surface area contributed by atoms with E-state index in [1.165, 1.54) is 19.3 Å². The van der Waals surface area contributed by atoms with E-state index in [9.17, 15) is 0 Å². The van der Waals surface area contributed by atoms with E-state index in [0.717, 1.165) is 30.3 Å². The number of aromatic nitrogens is 3. The van der Waals surface area contributed by atoms with Gasteiger partial charge in [0.2, 0.25) is 0 Å². The number of imidazole rings is 1.